The number of hydrogen-bond donors (Lipinski definition) is 3. The van der Waals surface area contributed by atoms with E-state index in [-0.39, 0.29) is 30.0 Å². The van der Waals surface area contributed by atoms with Crippen molar-refractivity contribution < 1.29 is 69.2 Å². The largest absolute Gasteiger partial charge is 0.480 e. The van der Waals surface area contributed by atoms with Crippen LogP contribution in [0, 0.1) is 60.2 Å². The summed E-state index contributed by atoms with van der Waals surface area (Å²) in [6.07, 6.45) is 19.0. The Balaban J connectivity index is 0.000000159. The number of pyridine rings is 1. The Kier molecular flexibility index (Phi) is 33.8. The molecule has 5 aromatic carbocycles. The molecule has 9 atom stereocenters. The van der Waals surface area contributed by atoms with Gasteiger partial charge in [0.05, 0.1) is 16.7 Å². The van der Waals surface area contributed by atoms with Gasteiger partial charge in [-0.1, -0.05) is 185 Å². The highest BCUT2D eigenvalue weighted by Crippen LogP contribution is 2.45. The van der Waals surface area contributed by atoms with Gasteiger partial charge in [-0.05, 0) is 279 Å². The number of nitrogens with zero attached hydrogens (tertiary/aromatic N) is 7. The van der Waals surface area contributed by atoms with Crippen molar-refractivity contribution in [3.05, 3.63) is 208 Å². The number of hydrogen-bond acceptors (Lipinski definition) is 10. The predicted octanol–water partition coefficient (Wildman–Crippen LogP) is 21.8. The van der Waals surface area contributed by atoms with Crippen LogP contribution in [0.4, 0.5) is 39.5 Å². The molecule has 6 saturated heterocycles. The highest BCUT2D eigenvalue weighted by atomic mass is 19.4. The second kappa shape index (κ2) is 44.5. The molecular formula is C101H134F9N7O6. The number of aliphatic carboxylic acids is 3. The summed E-state index contributed by atoms with van der Waals surface area (Å²) in [7, 11) is 0. The number of likely N-dealkylation sites (tertiary alicyclic amines) is 6. The number of aromatic nitrogens is 1. The minimum absolute atomic E-state index is 0.255. The summed E-state index contributed by atoms with van der Waals surface area (Å²) in [6, 6.07) is 42.8. The van der Waals surface area contributed by atoms with Gasteiger partial charge in [0, 0.05) is 88.5 Å². The van der Waals surface area contributed by atoms with E-state index in [1.807, 2.05) is 6.07 Å². The molecule has 15 rings (SSSR count). The standard InChI is InChI=1S/2C34H45F3N2O2.C33H44F3N3O2/c1-24-5-2-10-28(19-24)31-23-39(32(33(40)41)20-27-8-4-9-27)22-29(31)21-38-17-15-26(16-18-38)7-3-6-25-11-13-30(14-12-25)34(35,36)37;35-34(36,37)30-16-14-25(15-17-30)8-7-9-26-18-20-38(21-19-26)22-29-23-39(24-31(29)27-10-3-1-4-11-27)32(33(40)41)28-12-5-2-6-13-28;34-33(35,36)28-14-15-29(37-20-28)13-7-8-24-16-18-38(19-17-24)21-27-22-39(23-30(27)25-9-3-1-4-10-25)31(32(40)41)26-11-5-2-6-12-26/h2,5,10-14,19,26-27,29,31-32H,3-4,6-9,15-18,20-23H2,1H3,(H,40,41);1,3-4,10-11,14-17,26,28-29,31-32H,2,5-9,12-13,18-24H2,(H,40,41);1,3-4,9-10,14-15,20,24,26-27,30-31H,2,5-8,11-13,16-19,21-23H2,(H,40,41)/t2*29-,31+,32+;27-,30+,31+/m000/s1. The van der Waals surface area contributed by atoms with Crippen molar-refractivity contribution in [1.29, 1.82) is 0 Å². The number of rotatable bonds is 31. The Bertz CT molecular complexity index is 4000. The molecule has 3 N–H and O–H groups in total. The number of alkyl halides is 9. The van der Waals surface area contributed by atoms with Gasteiger partial charge in [0.1, 0.15) is 18.1 Å². The predicted molar refractivity (Wildman–Crippen MR) is 465 cm³/mol. The average molecular weight is 1710 g/mol. The van der Waals surface area contributed by atoms with Crippen LogP contribution in [0.25, 0.3) is 0 Å². The maximum atomic E-state index is 12.8. The quantitative estimate of drug-likeness (QED) is 0.0356. The minimum atomic E-state index is -4.34. The molecule has 9 aliphatic rings. The van der Waals surface area contributed by atoms with E-state index < -0.39 is 53.1 Å². The lowest BCUT2D eigenvalue weighted by molar-refractivity contribution is -0.146. The average Bonchev–Trinajstić information content (AvgIpc) is 1.65. The van der Waals surface area contributed by atoms with Gasteiger partial charge in [-0.3, -0.25) is 34.1 Å². The molecule has 123 heavy (non-hydrogen) atoms. The number of carboxylic acids is 3. The lowest BCUT2D eigenvalue weighted by atomic mass is 9.80. The maximum absolute atomic E-state index is 12.8. The smallest absolute Gasteiger partial charge is 0.417 e. The van der Waals surface area contributed by atoms with Gasteiger partial charge in [0.15, 0.2) is 0 Å². The van der Waals surface area contributed by atoms with E-state index in [1.165, 1.54) is 84.7 Å². The summed E-state index contributed by atoms with van der Waals surface area (Å²) in [5.74, 6) is 3.33. The summed E-state index contributed by atoms with van der Waals surface area (Å²) in [5, 5.41) is 30.7. The lowest BCUT2D eigenvalue weighted by Crippen LogP contribution is -2.46. The molecule has 6 aromatic rings. The third-order valence-electron chi connectivity index (χ3n) is 29.8. The first-order chi connectivity index (χ1) is 59.2. The van der Waals surface area contributed by atoms with E-state index in [0.29, 0.717) is 65.6 Å². The maximum Gasteiger partial charge on any atom is 0.417 e. The summed E-state index contributed by atoms with van der Waals surface area (Å²) in [4.78, 5) is 56.0. The highest BCUT2D eigenvalue weighted by molar-refractivity contribution is 5.75. The molecule has 9 fully saturated rings. The van der Waals surface area contributed by atoms with E-state index >= 15 is 0 Å². The molecule has 672 valence electrons. The molecule has 1 aromatic heterocycles. The second-order valence-corrected chi connectivity index (χ2v) is 38.3. The summed E-state index contributed by atoms with van der Waals surface area (Å²) >= 11 is 0. The summed E-state index contributed by atoms with van der Waals surface area (Å²) < 4.78 is 115. The zero-order valence-corrected chi connectivity index (χ0v) is 72.3. The number of aryl methyl sites for hydroxylation is 4. The highest BCUT2D eigenvalue weighted by Gasteiger charge is 2.47. The number of halogens is 9. The van der Waals surface area contributed by atoms with Gasteiger partial charge in [0.2, 0.25) is 0 Å². The fourth-order valence-electron chi connectivity index (χ4n) is 22.7. The van der Waals surface area contributed by atoms with Crippen molar-refractivity contribution in [1.82, 2.24) is 34.4 Å². The van der Waals surface area contributed by atoms with Gasteiger partial charge in [0.25, 0.3) is 0 Å². The van der Waals surface area contributed by atoms with Gasteiger partial charge in [-0.25, -0.2) is 0 Å². The normalized spacial score (nSPS) is 24.3. The lowest BCUT2D eigenvalue weighted by Gasteiger charge is -2.35. The van der Waals surface area contributed by atoms with E-state index in [4.69, 9.17) is 0 Å². The topological polar surface area (TPSA) is 144 Å². The first-order valence-electron chi connectivity index (χ1n) is 46.8. The van der Waals surface area contributed by atoms with Crippen LogP contribution in [0.1, 0.15) is 240 Å². The van der Waals surface area contributed by atoms with Crippen LogP contribution in [0.15, 0.2) is 152 Å². The number of carbonyl (C=O) groups is 3. The van der Waals surface area contributed by atoms with Gasteiger partial charge in [-0.15, -0.1) is 0 Å². The molecule has 7 heterocycles. The van der Waals surface area contributed by atoms with E-state index in [9.17, 15) is 69.2 Å². The molecule has 0 unspecified atom stereocenters. The number of benzene rings is 5. The van der Waals surface area contributed by atoms with Crippen LogP contribution in [-0.4, -0.2) is 184 Å². The zero-order chi connectivity index (χ0) is 86.6. The molecule has 0 radical (unpaired) electrons. The summed E-state index contributed by atoms with van der Waals surface area (Å²) in [5.41, 5.74) is 6.04. The molecular weight excluding hydrogens is 1580 g/mol. The van der Waals surface area contributed by atoms with Crippen LogP contribution in [0.5, 0.6) is 0 Å². The Hall–Kier alpha value is -7.21. The van der Waals surface area contributed by atoms with Crippen molar-refractivity contribution in [2.75, 3.05) is 98.2 Å². The molecule has 6 aliphatic heterocycles. The zero-order valence-electron chi connectivity index (χ0n) is 72.3. The van der Waals surface area contributed by atoms with Crippen molar-refractivity contribution in [3.63, 3.8) is 0 Å². The molecule has 3 saturated carbocycles. The number of carboxylic acid groups (broad SMARTS) is 3. The molecule has 0 amide bonds. The van der Waals surface area contributed by atoms with Gasteiger partial charge >= 0.3 is 36.4 Å². The Morgan fingerprint density at radius 3 is 1.11 bits per heavy atom. The van der Waals surface area contributed by atoms with Crippen LogP contribution in [0.3, 0.4) is 0 Å². The molecule has 22 heteroatoms. The summed E-state index contributed by atoms with van der Waals surface area (Å²) in [6.45, 7) is 16.5. The Morgan fingerprint density at radius 1 is 0.382 bits per heavy atom. The first kappa shape index (κ1) is 93.4. The second-order valence-electron chi connectivity index (χ2n) is 38.3. The monoisotopic (exact) mass is 1710 g/mol. The fraction of sp³-hybridized carbons (Fsp3) is 0.624. The van der Waals surface area contributed by atoms with Crippen molar-refractivity contribution in [2.24, 2.45) is 53.3 Å². The van der Waals surface area contributed by atoms with E-state index in [0.717, 1.165) is 275 Å². The van der Waals surface area contributed by atoms with Gasteiger partial charge in [-0.2, -0.15) is 39.5 Å². The van der Waals surface area contributed by atoms with Crippen molar-refractivity contribution in [3.8, 4) is 0 Å². The van der Waals surface area contributed by atoms with Crippen LogP contribution < -0.4 is 0 Å². The van der Waals surface area contributed by atoms with Gasteiger partial charge < -0.3 is 30.0 Å². The molecule has 0 bridgehead atoms. The van der Waals surface area contributed by atoms with E-state index in [2.05, 4.69) is 120 Å². The SMILES string of the molecule is Cc1cccc([C@H]2CN([C@H](CC3CCC3)C(=O)O)C[C@@H]2CN2CCC(CCCc3ccc(C(F)(F)F)cc3)CC2)c1.O=C(O)[C@@H](C1CCCCC1)N1C[C@H](CN2CCC(CCCc3ccc(C(F)(F)F)cc3)CC2)[C@@H](c2ccccc2)C1.O=C(O)[C@@H](C1CCCCC1)N1C[C@H](CN2CCC(CCCc3ccc(C(F)(F)F)cn3)CC2)[C@@H](c2ccccc2)C1. The van der Waals surface area contributed by atoms with E-state index in [1.54, 1.807) is 24.3 Å². The van der Waals surface area contributed by atoms with Crippen LogP contribution >= 0.6 is 0 Å². The van der Waals surface area contributed by atoms with Crippen LogP contribution in [0.2, 0.25) is 0 Å². The number of piperidine rings is 3. The van der Waals surface area contributed by atoms with Crippen molar-refractivity contribution in [2.45, 2.75) is 248 Å². The molecule has 3 aliphatic carbocycles. The Morgan fingerprint density at radius 2 is 0.756 bits per heavy atom. The van der Waals surface area contributed by atoms with Crippen molar-refractivity contribution >= 4 is 17.9 Å². The fourth-order valence-corrected chi connectivity index (χ4v) is 22.7. The minimum Gasteiger partial charge on any atom is -0.480 e. The Labute approximate surface area is 724 Å². The third-order valence-corrected chi connectivity index (χ3v) is 29.8. The molecule has 0 spiro atoms. The molecule has 13 nitrogen and oxygen atoms in total. The van der Waals surface area contributed by atoms with Crippen LogP contribution in [-0.2, 0) is 52.2 Å². The third kappa shape index (κ3) is 26.9. The first-order valence-corrected chi connectivity index (χ1v) is 46.8.